The molecule has 2 rings (SSSR count). The molecule has 2 aromatic rings. The van der Waals surface area contributed by atoms with Gasteiger partial charge in [0.05, 0.1) is 23.4 Å². The summed E-state index contributed by atoms with van der Waals surface area (Å²) in [5.74, 6) is 0.786. The van der Waals surface area contributed by atoms with Crippen molar-refractivity contribution in [3.8, 4) is 11.8 Å². The Hall–Kier alpha value is -1.12. The zero-order valence-electron chi connectivity index (χ0n) is 9.74. The maximum atomic E-state index is 9.12. The second kappa shape index (κ2) is 4.28. The van der Waals surface area contributed by atoms with Crippen LogP contribution >= 0.6 is 27.3 Å². The van der Waals surface area contributed by atoms with Gasteiger partial charge < -0.3 is 4.74 Å². The van der Waals surface area contributed by atoms with E-state index in [9.17, 15) is 0 Å². The third kappa shape index (κ3) is 2.15. The Labute approximate surface area is 112 Å². The van der Waals surface area contributed by atoms with Gasteiger partial charge in [-0.05, 0) is 41.9 Å². The first-order valence-electron chi connectivity index (χ1n) is 5.04. The van der Waals surface area contributed by atoms with E-state index in [1.807, 2.05) is 26.0 Å². The zero-order chi connectivity index (χ0) is 12.6. The molecule has 0 fully saturated rings. The number of benzene rings is 1. The van der Waals surface area contributed by atoms with E-state index in [1.54, 1.807) is 7.11 Å². The summed E-state index contributed by atoms with van der Waals surface area (Å²) in [6, 6.07) is 6.09. The van der Waals surface area contributed by atoms with Crippen molar-refractivity contribution >= 4 is 37.5 Å². The minimum atomic E-state index is -0.559. The highest BCUT2D eigenvalue weighted by Gasteiger charge is 2.25. The van der Waals surface area contributed by atoms with Crippen molar-refractivity contribution in [2.75, 3.05) is 7.11 Å². The van der Waals surface area contributed by atoms with Crippen LogP contribution in [0.4, 0.5) is 0 Å². The average Bonchev–Trinajstić information content (AvgIpc) is 2.74. The highest BCUT2D eigenvalue weighted by atomic mass is 79.9. The zero-order valence-corrected chi connectivity index (χ0v) is 12.1. The number of ether oxygens (including phenoxy) is 1. The van der Waals surface area contributed by atoms with Crippen LogP contribution in [-0.2, 0) is 5.41 Å². The highest BCUT2D eigenvalue weighted by molar-refractivity contribution is 9.10. The molecule has 0 aliphatic rings. The van der Waals surface area contributed by atoms with Gasteiger partial charge in [-0.1, -0.05) is 0 Å². The molecule has 0 saturated heterocycles. The van der Waals surface area contributed by atoms with Gasteiger partial charge in [-0.3, -0.25) is 0 Å². The molecule has 3 nitrogen and oxygen atoms in total. The molecule has 0 spiro atoms. The fraction of sp³-hybridized carbons (Fsp3) is 0.333. The summed E-state index contributed by atoms with van der Waals surface area (Å²) in [6.07, 6.45) is 0. The first-order valence-corrected chi connectivity index (χ1v) is 6.64. The number of rotatable bonds is 2. The van der Waals surface area contributed by atoms with Crippen LogP contribution in [0.5, 0.6) is 5.75 Å². The topological polar surface area (TPSA) is 45.9 Å². The number of halogens is 1. The molecule has 17 heavy (non-hydrogen) atoms. The lowest BCUT2D eigenvalue weighted by atomic mass is 9.97. The Morgan fingerprint density at radius 3 is 2.76 bits per heavy atom. The SMILES string of the molecule is COc1cc(Br)c2nc(C(C)(C)C#N)sc2c1. The van der Waals surface area contributed by atoms with Gasteiger partial charge in [0.2, 0.25) is 0 Å². The summed E-state index contributed by atoms with van der Waals surface area (Å²) in [6.45, 7) is 3.74. The summed E-state index contributed by atoms with van der Waals surface area (Å²) < 4.78 is 7.12. The molecule has 0 amide bonds. The van der Waals surface area contributed by atoms with E-state index in [0.29, 0.717) is 0 Å². The summed E-state index contributed by atoms with van der Waals surface area (Å²) >= 11 is 5.00. The molecule has 0 radical (unpaired) electrons. The van der Waals surface area contributed by atoms with Crippen LogP contribution < -0.4 is 4.74 Å². The minimum Gasteiger partial charge on any atom is -0.497 e. The van der Waals surface area contributed by atoms with Gasteiger partial charge in [-0.25, -0.2) is 4.98 Å². The minimum absolute atomic E-state index is 0.559. The summed E-state index contributed by atoms with van der Waals surface area (Å²) in [7, 11) is 1.63. The number of nitrogens with zero attached hydrogens (tertiary/aromatic N) is 2. The second-order valence-corrected chi connectivity index (χ2v) is 6.10. The Kier molecular flexibility index (Phi) is 3.11. The molecule has 0 aliphatic carbocycles. The predicted octanol–water partition coefficient (Wildman–Crippen LogP) is 3.87. The molecule has 0 aliphatic heterocycles. The summed E-state index contributed by atoms with van der Waals surface area (Å²) in [4.78, 5) is 4.52. The first-order chi connectivity index (χ1) is 7.97. The van der Waals surface area contributed by atoms with Crippen molar-refractivity contribution in [2.45, 2.75) is 19.3 Å². The maximum absolute atomic E-state index is 9.12. The molecule has 1 aromatic carbocycles. The summed E-state index contributed by atoms with van der Waals surface area (Å²) in [5, 5.41) is 9.95. The Bertz CT molecular complexity index is 613. The van der Waals surface area contributed by atoms with E-state index >= 15 is 0 Å². The molecular weight excluding hydrogens is 300 g/mol. The van der Waals surface area contributed by atoms with Crippen molar-refractivity contribution in [2.24, 2.45) is 0 Å². The van der Waals surface area contributed by atoms with Crippen molar-refractivity contribution in [1.82, 2.24) is 4.98 Å². The van der Waals surface area contributed by atoms with Crippen LogP contribution in [0, 0.1) is 11.3 Å². The molecule has 0 bridgehead atoms. The van der Waals surface area contributed by atoms with Crippen LogP contribution in [0.1, 0.15) is 18.9 Å². The average molecular weight is 311 g/mol. The molecule has 5 heteroatoms. The lowest BCUT2D eigenvalue weighted by Crippen LogP contribution is -2.12. The van der Waals surface area contributed by atoms with Crippen LogP contribution in [0.2, 0.25) is 0 Å². The quantitative estimate of drug-likeness (QED) is 0.846. The van der Waals surface area contributed by atoms with Crippen LogP contribution in [-0.4, -0.2) is 12.1 Å². The van der Waals surface area contributed by atoms with Gasteiger partial charge in [0.1, 0.15) is 16.2 Å². The Balaban J connectivity index is 2.66. The third-order valence-corrected chi connectivity index (χ3v) is 4.40. The smallest absolute Gasteiger partial charge is 0.121 e. The molecule has 1 aromatic heterocycles. The van der Waals surface area contributed by atoms with Crippen LogP contribution in [0.3, 0.4) is 0 Å². The molecule has 0 saturated carbocycles. The fourth-order valence-electron chi connectivity index (χ4n) is 1.40. The number of hydrogen-bond acceptors (Lipinski definition) is 4. The van der Waals surface area contributed by atoms with E-state index in [4.69, 9.17) is 10.00 Å². The van der Waals surface area contributed by atoms with Gasteiger partial charge in [0.15, 0.2) is 0 Å². The Morgan fingerprint density at radius 2 is 2.18 bits per heavy atom. The normalized spacial score (nSPS) is 11.5. The van der Waals surface area contributed by atoms with Crippen LogP contribution in [0.15, 0.2) is 16.6 Å². The first kappa shape index (κ1) is 12.3. The standard InChI is InChI=1S/C12H11BrN2OS/c1-12(2,6-14)11-15-10-8(13)4-7(16-3)5-9(10)17-11/h4-5H,1-3H3. The van der Waals surface area contributed by atoms with E-state index in [0.717, 1.165) is 25.4 Å². The number of fused-ring (bicyclic) bond motifs is 1. The third-order valence-electron chi connectivity index (χ3n) is 2.47. The van der Waals surface area contributed by atoms with Crippen molar-refractivity contribution in [3.05, 3.63) is 21.6 Å². The lowest BCUT2D eigenvalue weighted by molar-refractivity contribution is 0.415. The van der Waals surface area contributed by atoms with E-state index in [-0.39, 0.29) is 0 Å². The second-order valence-electron chi connectivity index (χ2n) is 4.21. The largest absolute Gasteiger partial charge is 0.497 e. The lowest BCUT2D eigenvalue weighted by Gasteiger charge is -2.09. The van der Waals surface area contributed by atoms with Gasteiger partial charge >= 0.3 is 0 Å². The highest BCUT2D eigenvalue weighted by Crippen LogP contribution is 2.36. The maximum Gasteiger partial charge on any atom is 0.121 e. The number of nitriles is 1. The van der Waals surface area contributed by atoms with E-state index in [1.165, 1.54) is 11.3 Å². The van der Waals surface area contributed by atoms with Gasteiger partial charge in [-0.2, -0.15) is 5.26 Å². The molecule has 0 unspecified atom stereocenters. The van der Waals surface area contributed by atoms with Crippen molar-refractivity contribution in [1.29, 1.82) is 5.26 Å². The monoisotopic (exact) mass is 310 g/mol. The van der Waals surface area contributed by atoms with E-state index in [2.05, 4.69) is 27.0 Å². The number of methoxy groups -OCH3 is 1. The molecule has 0 atom stereocenters. The van der Waals surface area contributed by atoms with Gasteiger partial charge in [0, 0.05) is 4.47 Å². The van der Waals surface area contributed by atoms with Crippen molar-refractivity contribution in [3.63, 3.8) is 0 Å². The van der Waals surface area contributed by atoms with Crippen LogP contribution in [0.25, 0.3) is 10.2 Å². The number of aromatic nitrogens is 1. The van der Waals surface area contributed by atoms with E-state index < -0.39 is 5.41 Å². The van der Waals surface area contributed by atoms with Crippen molar-refractivity contribution < 1.29 is 4.74 Å². The number of thiazole rings is 1. The predicted molar refractivity (Wildman–Crippen MR) is 72.5 cm³/mol. The molecule has 0 N–H and O–H groups in total. The fourth-order valence-corrected chi connectivity index (χ4v) is 3.13. The number of hydrogen-bond donors (Lipinski definition) is 0. The van der Waals surface area contributed by atoms with Gasteiger partial charge in [0.25, 0.3) is 0 Å². The molecule has 1 heterocycles. The Morgan fingerprint density at radius 1 is 1.47 bits per heavy atom. The summed E-state index contributed by atoms with van der Waals surface area (Å²) in [5.41, 5.74) is 0.324. The molecular formula is C12H11BrN2OS. The molecule has 88 valence electrons. The van der Waals surface area contributed by atoms with Gasteiger partial charge in [-0.15, -0.1) is 11.3 Å².